The second kappa shape index (κ2) is 6.45. The molecule has 0 aromatic carbocycles. The second-order valence-corrected chi connectivity index (χ2v) is 3.53. The number of hydrogen-bond donors (Lipinski definition) is 0. The summed E-state index contributed by atoms with van der Waals surface area (Å²) in [6.07, 6.45) is 1.60. The van der Waals surface area contributed by atoms with Crippen molar-refractivity contribution in [3.05, 3.63) is 12.7 Å². The summed E-state index contributed by atoms with van der Waals surface area (Å²) >= 11 is 5.53. The van der Waals surface area contributed by atoms with Crippen LogP contribution in [-0.4, -0.2) is 31.5 Å². The van der Waals surface area contributed by atoms with Crippen LogP contribution < -0.4 is 0 Å². The lowest BCUT2D eigenvalue weighted by atomic mass is 9.88. The second-order valence-electron chi connectivity index (χ2n) is 3.15. The van der Waals surface area contributed by atoms with Crippen molar-refractivity contribution in [3.8, 4) is 0 Å². The summed E-state index contributed by atoms with van der Waals surface area (Å²) in [5, 5.41) is 0. The molecule has 0 saturated heterocycles. The minimum absolute atomic E-state index is 0.0632. The molecule has 0 fully saturated rings. The van der Waals surface area contributed by atoms with Gasteiger partial charge in [0, 0.05) is 5.88 Å². The number of halogens is 1. The van der Waals surface area contributed by atoms with Gasteiger partial charge in [0.15, 0.2) is 5.41 Å². The van der Waals surface area contributed by atoms with Crippen LogP contribution in [0.15, 0.2) is 12.7 Å². The summed E-state index contributed by atoms with van der Waals surface area (Å²) in [4.78, 5) is 23.0. The molecule has 86 valence electrons. The maximum atomic E-state index is 11.6. The van der Waals surface area contributed by atoms with Gasteiger partial charge in [-0.25, -0.2) is 0 Å². The molecule has 0 aromatic rings. The molecule has 0 aliphatic carbocycles. The van der Waals surface area contributed by atoms with Crippen LogP contribution in [0.4, 0.5) is 0 Å². The molecule has 0 spiro atoms. The van der Waals surface area contributed by atoms with Gasteiger partial charge in [-0.2, -0.15) is 0 Å². The van der Waals surface area contributed by atoms with Crippen molar-refractivity contribution < 1.29 is 19.1 Å². The minimum Gasteiger partial charge on any atom is -0.468 e. The van der Waals surface area contributed by atoms with E-state index in [2.05, 4.69) is 11.3 Å². The predicted molar refractivity (Wildman–Crippen MR) is 56.6 cm³/mol. The van der Waals surface area contributed by atoms with Crippen LogP contribution in [0.3, 0.4) is 0 Å². The maximum absolute atomic E-state index is 11.6. The van der Waals surface area contributed by atoms with Gasteiger partial charge in [-0.1, -0.05) is 12.7 Å². The zero-order valence-corrected chi connectivity index (χ0v) is 9.67. The van der Waals surface area contributed by atoms with E-state index in [9.17, 15) is 9.59 Å². The van der Waals surface area contributed by atoms with Gasteiger partial charge in [-0.15, -0.1) is 11.6 Å². The van der Waals surface area contributed by atoms with E-state index in [4.69, 9.17) is 16.3 Å². The average molecular weight is 235 g/mol. The standard InChI is InChI=1S/C10H15ClO4/c1-4-7-15-9(13)10(2,5-6-11)8(12)14-3/h4H,1,5-7H2,2-3H3. The normalized spacial score (nSPS) is 13.8. The predicted octanol–water partition coefficient (Wildman–Crippen LogP) is 1.52. The van der Waals surface area contributed by atoms with Crippen molar-refractivity contribution in [2.24, 2.45) is 5.41 Å². The summed E-state index contributed by atoms with van der Waals surface area (Å²) in [5.74, 6) is -1.11. The fourth-order valence-corrected chi connectivity index (χ4v) is 1.37. The van der Waals surface area contributed by atoms with Crippen LogP contribution in [0.2, 0.25) is 0 Å². The van der Waals surface area contributed by atoms with Crippen LogP contribution >= 0.6 is 11.6 Å². The van der Waals surface area contributed by atoms with Gasteiger partial charge in [0.05, 0.1) is 7.11 Å². The largest absolute Gasteiger partial charge is 0.468 e. The SMILES string of the molecule is C=CCOC(=O)C(C)(CCCl)C(=O)OC. The van der Waals surface area contributed by atoms with Crippen LogP contribution in [-0.2, 0) is 19.1 Å². The van der Waals surface area contributed by atoms with Crippen molar-refractivity contribution in [2.75, 3.05) is 19.6 Å². The summed E-state index contributed by atoms with van der Waals surface area (Å²) in [6, 6.07) is 0. The third kappa shape index (κ3) is 3.55. The first kappa shape index (κ1) is 14.0. The third-order valence-electron chi connectivity index (χ3n) is 2.01. The monoisotopic (exact) mass is 234 g/mol. The number of methoxy groups -OCH3 is 1. The van der Waals surface area contributed by atoms with Gasteiger partial charge >= 0.3 is 11.9 Å². The number of carbonyl (C=O) groups is 2. The van der Waals surface area contributed by atoms with Gasteiger partial charge in [0.2, 0.25) is 0 Å². The number of hydrogen-bond acceptors (Lipinski definition) is 4. The Hall–Kier alpha value is -1.03. The summed E-state index contributed by atoms with van der Waals surface area (Å²) in [6.45, 7) is 4.92. The topological polar surface area (TPSA) is 52.6 Å². The molecule has 0 rings (SSSR count). The molecule has 0 N–H and O–H groups in total. The van der Waals surface area contributed by atoms with Gasteiger partial charge in [0.1, 0.15) is 6.61 Å². The lowest BCUT2D eigenvalue weighted by Crippen LogP contribution is -2.39. The Morgan fingerprint density at radius 1 is 1.47 bits per heavy atom. The smallest absolute Gasteiger partial charge is 0.323 e. The molecular weight excluding hydrogens is 220 g/mol. The Morgan fingerprint density at radius 2 is 2.07 bits per heavy atom. The van der Waals surface area contributed by atoms with E-state index < -0.39 is 17.4 Å². The highest BCUT2D eigenvalue weighted by Crippen LogP contribution is 2.25. The van der Waals surface area contributed by atoms with Crippen molar-refractivity contribution in [3.63, 3.8) is 0 Å². The molecule has 0 saturated carbocycles. The van der Waals surface area contributed by atoms with Crippen molar-refractivity contribution in [1.29, 1.82) is 0 Å². The molecule has 0 aromatic heterocycles. The first-order chi connectivity index (χ1) is 7.02. The number of carbonyl (C=O) groups excluding carboxylic acids is 2. The summed E-state index contributed by atoms with van der Waals surface area (Å²) in [5.41, 5.74) is -1.33. The molecule has 0 radical (unpaired) electrons. The fraction of sp³-hybridized carbons (Fsp3) is 0.600. The van der Waals surface area contributed by atoms with E-state index in [1.807, 2.05) is 0 Å². The highest BCUT2D eigenvalue weighted by atomic mass is 35.5. The molecule has 5 heteroatoms. The van der Waals surface area contributed by atoms with E-state index >= 15 is 0 Å². The zero-order valence-electron chi connectivity index (χ0n) is 8.92. The van der Waals surface area contributed by atoms with E-state index in [-0.39, 0.29) is 18.9 Å². The van der Waals surface area contributed by atoms with Crippen LogP contribution in [0.25, 0.3) is 0 Å². The summed E-state index contributed by atoms with van der Waals surface area (Å²) < 4.78 is 9.36. The molecule has 0 aliphatic rings. The van der Waals surface area contributed by atoms with Crippen LogP contribution in [0.5, 0.6) is 0 Å². The highest BCUT2D eigenvalue weighted by molar-refractivity contribution is 6.18. The van der Waals surface area contributed by atoms with Gasteiger partial charge in [-0.05, 0) is 13.3 Å². The van der Waals surface area contributed by atoms with Gasteiger partial charge in [0.25, 0.3) is 0 Å². The maximum Gasteiger partial charge on any atom is 0.323 e. The Kier molecular flexibility index (Phi) is 6.01. The molecule has 15 heavy (non-hydrogen) atoms. The van der Waals surface area contributed by atoms with Crippen LogP contribution in [0, 0.1) is 5.41 Å². The van der Waals surface area contributed by atoms with Crippen molar-refractivity contribution >= 4 is 23.5 Å². The molecule has 0 aliphatic heterocycles. The zero-order chi connectivity index (χ0) is 11.9. The molecule has 1 unspecified atom stereocenters. The quantitative estimate of drug-likeness (QED) is 0.303. The number of esters is 2. The van der Waals surface area contributed by atoms with E-state index in [0.717, 1.165) is 0 Å². The average Bonchev–Trinajstić information content (AvgIpc) is 2.24. The number of rotatable bonds is 6. The van der Waals surface area contributed by atoms with Crippen molar-refractivity contribution in [2.45, 2.75) is 13.3 Å². The Bertz CT molecular complexity index is 252. The van der Waals surface area contributed by atoms with E-state index in [1.54, 1.807) is 0 Å². The van der Waals surface area contributed by atoms with Gasteiger partial charge in [-0.3, -0.25) is 9.59 Å². The molecule has 0 amide bonds. The van der Waals surface area contributed by atoms with Crippen LogP contribution in [0.1, 0.15) is 13.3 Å². The molecule has 0 heterocycles. The molecule has 4 nitrogen and oxygen atoms in total. The first-order valence-corrected chi connectivity index (χ1v) is 4.99. The highest BCUT2D eigenvalue weighted by Gasteiger charge is 2.43. The minimum atomic E-state index is -1.33. The lowest BCUT2D eigenvalue weighted by Gasteiger charge is -2.23. The van der Waals surface area contributed by atoms with E-state index in [1.165, 1.54) is 20.1 Å². The summed E-state index contributed by atoms with van der Waals surface area (Å²) in [7, 11) is 1.22. The number of ether oxygens (including phenoxy) is 2. The third-order valence-corrected chi connectivity index (χ3v) is 2.20. The first-order valence-electron chi connectivity index (χ1n) is 4.45. The Morgan fingerprint density at radius 3 is 2.47 bits per heavy atom. The van der Waals surface area contributed by atoms with E-state index in [0.29, 0.717) is 0 Å². The lowest BCUT2D eigenvalue weighted by molar-refractivity contribution is -0.168. The Labute approximate surface area is 94.2 Å². The number of alkyl halides is 1. The molecule has 1 atom stereocenters. The Balaban J connectivity index is 4.68. The van der Waals surface area contributed by atoms with Gasteiger partial charge < -0.3 is 9.47 Å². The molecular formula is C10H15ClO4. The fourth-order valence-electron chi connectivity index (χ4n) is 0.996. The van der Waals surface area contributed by atoms with Crippen molar-refractivity contribution in [1.82, 2.24) is 0 Å². The molecule has 0 bridgehead atoms.